The fraction of sp³-hybridized carbons (Fsp3) is 0.235. The molecule has 0 aliphatic heterocycles. The molecule has 5 aromatic heterocycles. The Morgan fingerprint density at radius 2 is 1.09 bits per heavy atom. The van der Waals surface area contributed by atoms with Crippen molar-refractivity contribution in [3.63, 3.8) is 0 Å². The molecule has 0 aromatic carbocycles. The van der Waals surface area contributed by atoms with Gasteiger partial charge in [-0.3, -0.25) is 0 Å². The summed E-state index contributed by atoms with van der Waals surface area (Å²) >= 11 is 8.38. The van der Waals surface area contributed by atoms with Crippen LogP contribution in [0.3, 0.4) is 0 Å². The summed E-state index contributed by atoms with van der Waals surface area (Å²) in [5, 5.41) is 19.6. The van der Waals surface area contributed by atoms with E-state index in [-0.39, 0.29) is 22.5 Å². The van der Waals surface area contributed by atoms with Gasteiger partial charge in [0.2, 0.25) is 10.0 Å². The van der Waals surface area contributed by atoms with Crippen LogP contribution in [-0.2, 0) is 10.8 Å². The Labute approximate surface area is 290 Å². The lowest BCUT2D eigenvalue weighted by atomic mass is 9.81. The standard InChI is InChI=1S/C34H22N6O2S5/c1-33(2)15(27-17(41-7)11-23(45-27)39-21(13-35)37-5)9-19-25(33)29-31(43-19)32-30(47-29)26-20(44-32)10-16(34(26,3)4)28-18(42-8)12-24(46-28)40-22(14-36)38-6/h9-12H,1-4,7-8H3. The van der Waals surface area contributed by atoms with Crippen LogP contribution in [0.1, 0.15) is 58.3 Å². The Kier molecular flexibility index (Phi) is 7.26. The van der Waals surface area contributed by atoms with Crippen molar-refractivity contribution in [2.75, 3.05) is 14.2 Å². The second-order valence-corrected chi connectivity index (χ2v) is 16.9. The van der Waals surface area contributed by atoms with Crippen LogP contribution in [0.2, 0.25) is 0 Å². The van der Waals surface area contributed by atoms with Crippen LogP contribution in [0.5, 0.6) is 11.5 Å². The van der Waals surface area contributed by atoms with Crippen LogP contribution in [-0.4, -0.2) is 25.9 Å². The summed E-state index contributed by atoms with van der Waals surface area (Å²) in [6, 6.07) is 7.28. The minimum Gasteiger partial charge on any atom is -0.495 e. The molecule has 0 radical (unpaired) electrons. The van der Waals surface area contributed by atoms with Crippen LogP contribution in [0, 0.1) is 35.8 Å². The van der Waals surface area contributed by atoms with Crippen molar-refractivity contribution in [2.45, 2.75) is 38.5 Å². The van der Waals surface area contributed by atoms with Gasteiger partial charge in [0.25, 0.3) is 0 Å². The molecule has 7 rings (SSSR count). The van der Waals surface area contributed by atoms with E-state index in [9.17, 15) is 10.5 Å². The maximum atomic E-state index is 9.22. The van der Waals surface area contributed by atoms with Gasteiger partial charge in [-0.15, -0.1) is 34.0 Å². The Morgan fingerprint density at radius 1 is 0.681 bits per heavy atom. The molecule has 0 atom stereocenters. The Bertz CT molecular complexity index is 2290. The van der Waals surface area contributed by atoms with Crippen molar-refractivity contribution in [1.29, 1.82) is 10.5 Å². The average Bonchev–Trinajstić information content (AvgIpc) is 3.89. The first-order valence-electron chi connectivity index (χ1n) is 14.1. The third kappa shape index (κ3) is 4.51. The number of nitrogens with zero attached hydrogens (tertiary/aromatic N) is 6. The van der Waals surface area contributed by atoms with Crippen LogP contribution < -0.4 is 9.47 Å². The molecule has 0 spiro atoms. The highest BCUT2D eigenvalue weighted by Crippen LogP contribution is 2.63. The first-order valence-corrected chi connectivity index (χ1v) is 18.1. The molecule has 230 valence electrons. The number of nitriles is 2. The molecule has 2 aliphatic rings. The van der Waals surface area contributed by atoms with Crippen LogP contribution in [0.25, 0.3) is 51.8 Å². The van der Waals surface area contributed by atoms with E-state index < -0.39 is 0 Å². The summed E-state index contributed by atoms with van der Waals surface area (Å²) in [5.41, 5.74) is 4.28. The summed E-state index contributed by atoms with van der Waals surface area (Å²) in [5.74, 6) is 0.963. The number of rotatable bonds is 6. The highest BCUT2D eigenvalue weighted by Gasteiger charge is 2.43. The number of amidine groups is 2. The van der Waals surface area contributed by atoms with Gasteiger partial charge in [0, 0.05) is 32.7 Å². The van der Waals surface area contributed by atoms with Crippen molar-refractivity contribution >= 4 is 120 Å². The van der Waals surface area contributed by atoms with Crippen molar-refractivity contribution in [1.82, 2.24) is 0 Å². The zero-order valence-electron chi connectivity index (χ0n) is 25.9. The van der Waals surface area contributed by atoms with Crippen molar-refractivity contribution in [2.24, 2.45) is 9.98 Å². The Balaban J connectivity index is 1.32. The predicted octanol–water partition coefficient (Wildman–Crippen LogP) is 10.9. The Morgan fingerprint density at radius 3 is 1.43 bits per heavy atom. The first kappa shape index (κ1) is 31.0. The van der Waals surface area contributed by atoms with E-state index >= 15 is 0 Å². The van der Waals surface area contributed by atoms with Gasteiger partial charge in [0.1, 0.15) is 23.6 Å². The van der Waals surface area contributed by atoms with E-state index in [2.05, 4.69) is 59.5 Å². The van der Waals surface area contributed by atoms with Gasteiger partial charge >= 0.3 is 11.7 Å². The van der Waals surface area contributed by atoms with Gasteiger partial charge in [-0.1, -0.05) is 73.5 Å². The lowest BCUT2D eigenvalue weighted by Crippen LogP contribution is -2.15. The molecule has 2 aliphatic carbocycles. The number of methoxy groups -OCH3 is 2. The molecule has 5 heterocycles. The van der Waals surface area contributed by atoms with Gasteiger partial charge in [0.15, 0.2) is 0 Å². The maximum absolute atomic E-state index is 9.22. The summed E-state index contributed by atoms with van der Waals surface area (Å²) in [7, 11) is 3.26. The number of ether oxygens (including phenoxy) is 2. The molecular weight excluding hydrogens is 685 g/mol. The average molecular weight is 707 g/mol. The van der Waals surface area contributed by atoms with E-state index in [1.807, 2.05) is 46.1 Å². The highest BCUT2D eigenvalue weighted by molar-refractivity contribution is 7.39. The molecule has 47 heavy (non-hydrogen) atoms. The summed E-state index contributed by atoms with van der Waals surface area (Å²) in [6.45, 7) is 23.4. The van der Waals surface area contributed by atoms with E-state index in [0.29, 0.717) is 21.5 Å². The third-order valence-corrected chi connectivity index (χ3v) is 14.5. The topological polar surface area (TPSA) is 99.5 Å². The van der Waals surface area contributed by atoms with Gasteiger partial charge in [-0.25, -0.2) is 10.5 Å². The molecule has 0 N–H and O–H groups in total. The molecule has 8 nitrogen and oxygen atoms in total. The lowest BCUT2D eigenvalue weighted by Gasteiger charge is -2.24. The zero-order valence-corrected chi connectivity index (χ0v) is 29.9. The largest absolute Gasteiger partial charge is 0.495 e. The minimum atomic E-state index is -0.311. The third-order valence-electron chi connectivity index (χ3n) is 8.48. The quantitative estimate of drug-likeness (QED) is 0.0996. The molecule has 0 fully saturated rings. The lowest BCUT2D eigenvalue weighted by molar-refractivity contribution is 0.415. The normalized spacial score (nSPS) is 16.2. The number of thiophene rings is 5. The van der Waals surface area contributed by atoms with E-state index in [1.165, 1.54) is 62.4 Å². The minimum absolute atomic E-state index is 0.201. The van der Waals surface area contributed by atoms with Crippen molar-refractivity contribution < 1.29 is 9.47 Å². The van der Waals surface area contributed by atoms with Crippen LogP contribution in [0.4, 0.5) is 10.0 Å². The molecule has 0 saturated heterocycles. The summed E-state index contributed by atoms with van der Waals surface area (Å²) < 4.78 is 16.7. The second-order valence-electron chi connectivity index (χ2n) is 11.7. The smallest absolute Gasteiger partial charge is 0.350 e. The fourth-order valence-corrected chi connectivity index (χ4v) is 13.7. The monoisotopic (exact) mass is 706 g/mol. The van der Waals surface area contributed by atoms with E-state index in [0.717, 1.165) is 20.9 Å². The number of aliphatic imine (C=N–C) groups is 2. The van der Waals surface area contributed by atoms with Crippen LogP contribution in [0.15, 0.2) is 22.1 Å². The van der Waals surface area contributed by atoms with Gasteiger partial charge < -0.3 is 19.2 Å². The summed E-state index contributed by atoms with van der Waals surface area (Å²) in [4.78, 5) is 19.3. The first-order chi connectivity index (χ1) is 22.5. The molecule has 0 unspecified atom stereocenters. The molecular formula is C34H22N6O2S5. The zero-order chi connectivity index (χ0) is 33.4. The summed E-state index contributed by atoms with van der Waals surface area (Å²) in [6.07, 6.45) is 4.52. The van der Waals surface area contributed by atoms with Gasteiger partial charge in [-0.05, 0) is 34.4 Å². The molecule has 0 saturated carbocycles. The molecule has 13 heteroatoms. The molecule has 0 amide bonds. The second kappa shape index (κ2) is 11.0. The number of allylic oxidation sites excluding steroid dienone is 2. The number of hydrogen-bond acceptors (Lipinski definition) is 11. The maximum Gasteiger partial charge on any atom is 0.350 e. The van der Waals surface area contributed by atoms with Gasteiger partial charge in [-0.2, -0.15) is 0 Å². The highest BCUT2D eigenvalue weighted by atomic mass is 32.1. The SMILES string of the molecule is [C-]#[N+]C(C#N)=Nc1cc(OC)c(C2=Cc3sc4c(sc5c6c(sc54)C=C(c4sc(N=C(C#N)[N+]#[C-])cc4OC)C6(C)C)c3C2(C)C)s1. The predicted molar refractivity (Wildman–Crippen MR) is 197 cm³/mol. The van der Waals surface area contributed by atoms with Crippen molar-refractivity contribution in [3.05, 3.63) is 65.6 Å². The molecule has 0 bridgehead atoms. The van der Waals surface area contributed by atoms with E-state index in [1.54, 1.807) is 26.4 Å². The number of hydrogen-bond donors (Lipinski definition) is 0. The van der Waals surface area contributed by atoms with Crippen molar-refractivity contribution in [3.8, 4) is 23.6 Å². The number of fused-ring (bicyclic) bond motifs is 7. The molecule has 5 aromatic rings. The fourth-order valence-electron chi connectivity index (χ4n) is 6.31. The Hall–Kier alpha value is -4.60. The van der Waals surface area contributed by atoms with Crippen LogP contribution >= 0.6 is 56.7 Å². The van der Waals surface area contributed by atoms with Gasteiger partial charge in [0.05, 0.1) is 42.8 Å². The van der Waals surface area contributed by atoms with E-state index in [4.69, 9.17) is 22.6 Å².